The van der Waals surface area contributed by atoms with Crippen LogP contribution in [0.3, 0.4) is 0 Å². The number of rotatable bonds is 9. The summed E-state index contributed by atoms with van der Waals surface area (Å²) in [6, 6.07) is 4.92. The van der Waals surface area contributed by atoms with Gasteiger partial charge < -0.3 is 14.8 Å². The molecule has 2 aliphatic heterocycles. The normalized spacial score (nSPS) is 20.7. The van der Waals surface area contributed by atoms with Crippen molar-refractivity contribution in [2.45, 2.75) is 50.8 Å². The summed E-state index contributed by atoms with van der Waals surface area (Å²) in [6.45, 7) is 2.95. The number of fused-ring (bicyclic) bond motifs is 3. The van der Waals surface area contributed by atoms with Crippen LogP contribution in [0.4, 0.5) is 22.0 Å². The number of halogens is 5. The molecule has 0 saturated carbocycles. The summed E-state index contributed by atoms with van der Waals surface area (Å²) in [5, 5.41) is 10.1. The van der Waals surface area contributed by atoms with E-state index in [-0.39, 0.29) is 23.0 Å². The molecule has 5 rings (SSSR count). The van der Waals surface area contributed by atoms with Gasteiger partial charge in [0.1, 0.15) is 23.5 Å². The Morgan fingerprint density at radius 3 is 2.49 bits per heavy atom. The third-order valence-electron chi connectivity index (χ3n) is 7.48. The first-order valence-corrected chi connectivity index (χ1v) is 12.9. The molecule has 3 heterocycles. The second-order valence-corrected chi connectivity index (χ2v) is 10.6. The largest absolute Gasteiger partial charge is 0.488 e. The first-order valence-electron chi connectivity index (χ1n) is 12.9. The van der Waals surface area contributed by atoms with Gasteiger partial charge in [-0.3, -0.25) is 14.2 Å². The molecule has 1 aromatic heterocycles. The summed E-state index contributed by atoms with van der Waals surface area (Å²) in [5.74, 6) is -6.15. The van der Waals surface area contributed by atoms with Crippen molar-refractivity contribution >= 4 is 16.9 Å². The van der Waals surface area contributed by atoms with Crippen LogP contribution in [0, 0.1) is 11.6 Å². The number of H-pyrrole nitrogens is 1. The zero-order valence-corrected chi connectivity index (χ0v) is 21.6. The van der Waals surface area contributed by atoms with Crippen LogP contribution in [0.2, 0.25) is 0 Å². The van der Waals surface area contributed by atoms with Crippen LogP contribution in [-0.4, -0.2) is 76.8 Å². The Kier molecular flexibility index (Phi) is 7.32. The van der Waals surface area contributed by atoms with E-state index in [9.17, 15) is 23.1 Å². The highest BCUT2D eigenvalue weighted by atomic mass is 19.3. The lowest BCUT2D eigenvalue weighted by molar-refractivity contribution is -0.0375. The number of aromatic carboxylic acids is 1. The van der Waals surface area contributed by atoms with E-state index in [2.05, 4.69) is 4.98 Å². The van der Waals surface area contributed by atoms with Crippen LogP contribution < -0.4 is 4.74 Å². The number of alkyl halides is 3. The van der Waals surface area contributed by atoms with Crippen molar-refractivity contribution in [1.29, 1.82) is 0 Å². The first-order chi connectivity index (χ1) is 18.4. The van der Waals surface area contributed by atoms with Crippen LogP contribution in [0.5, 0.6) is 5.75 Å². The number of nitrogens with zero attached hydrogens (tertiary/aromatic N) is 2. The number of benzene rings is 2. The van der Waals surface area contributed by atoms with E-state index in [0.29, 0.717) is 54.6 Å². The van der Waals surface area contributed by atoms with Gasteiger partial charge in [0.2, 0.25) is 0 Å². The zero-order valence-electron chi connectivity index (χ0n) is 21.6. The first kappa shape index (κ1) is 27.4. The second kappa shape index (κ2) is 10.4. The van der Waals surface area contributed by atoms with Gasteiger partial charge in [0.15, 0.2) is 0 Å². The molecule has 3 aromatic rings. The van der Waals surface area contributed by atoms with Gasteiger partial charge in [0.05, 0.1) is 24.8 Å². The minimum Gasteiger partial charge on any atom is -0.488 e. The van der Waals surface area contributed by atoms with E-state index in [1.807, 2.05) is 4.90 Å². The molecule has 6 nitrogen and oxygen atoms in total. The Hall–Kier alpha value is -3.18. The molecule has 0 bridgehead atoms. The SMILES string of the molecule is C[C@@H]1Cc2c([nH]c3cc(C(=O)O)ccc23)[C@@H](c2c(F)cc(OC3CN(CCCF)C3)cc2F)N1CC(C)(F)F. The number of carboxylic acid groups (broad SMARTS) is 1. The van der Waals surface area contributed by atoms with Gasteiger partial charge >= 0.3 is 5.97 Å². The molecule has 0 radical (unpaired) electrons. The van der Waals surface area contributed by atoms with E-state index in [1.54, 1.807) is 13.0 Å². The highest BCUT2D eigenvalue weighted by Gasteiger charge is 2.42. The zero-order chi connectivity index (χ0) is 28.1. The number of ether oxygens (including phenoxy) is 1. The fourth-order valence-corrected chi connectivity index (χ4v) is 5.72. The number of hydrogen-bond acceptors (Lipinski definition) is 4. The van der Waals surface area contributed by atoms with Crippen LogP contribution in [0.15, 0.2) is 30.3 Å². The number of hydrogen-bond donors (Lipinski definition) is 2. The van der Waals surface area contributed by atoms with Crippen LogP contribution in [0.1, 0.15) is 53.5 Å². The molecule has 11 heteroatoms. The molecular weight excluding hydrogens is 521 g/mol. The van der Waals surface area contributed by atoms with Crippen LogP contribution in [0.25, 0.3) is 10.9 Å². The molecular formula is C28H30F5N3O3. The van der Waals surface area contributed by atoms with Gasteiger partial charge in [-0.25, -0.2) is 22.4 Å². The number of aromatic nitrogens is 1. The van der Waals surface area contributed by atoms with E-state index in [1.165, 1.54) is 17.0 Å². The lowest BCUT2D eigenvalue weighted by Crippen LogP contribution is -2.53. The Morgan fingerprint density at radius 1 is 1.18 bits per heavy atom. The van der Waals surface area contributed by atoms with Gasteiger partial charge in [-0.15, -0.1) is 0 Å². The minimum atomic E-state index is -3.14. The minimum absolute atomic E-state index is 0.0110. The summed E-state index contributed by atoms with van der Waals surface area (Å²) in [7, 11) is 0. The van der Waals surface area contributed by atoms with E-state index in [4.69, 9.17) is 4.74 Å². The van der Waals surface area contributed by atoms with Crippen molar-refractivity contribution in [2.75, 3.05) is 32.9 Å². The smallest absolute Gasteiger partial charge is 0.335 e. The maximum Gasteiger partial charge on any atom is 0.335 e. The molecule has 1 saturated heterocycles. The Labute approximate surface area is 222 Å². The molecule has 2 atom stereocenters. The van der Waals surface area contributed by atoms with Gasteiger partial charge in [-0.2, -0.15) is 0 Å². The third-order valence-corrected chi connectivity index (χ3v) is 7.48. The molecule has 0 spiro atoms. The van der Waals surface area contributed by atoms with Crippen molar-refractivity contribution in [3.05, 3.63) is 64.4 Å². The van der Waals surface area contributed by atoms with E-state index >= 15 is 8.78 Å². The standard InChI is InChI=1S/C28H30F5N3O3/c1-15-8-20-19-5-4-16(27(37)38)9-23(19)34-25(20)26(36(15)14-28(2,32)33)24-21(30)10-17(11-22(24)31)39-18-12-35(13-18)7-3-6-29/h4-5,9-11,15,18,26,34H,3,6-8,12-14H2,1-2H3,(H,37,38)/t15-,26-/m1/s1. The lowest BCUT2D eigenvalue weighted by atomic mass is 9.87. The van der Waals surface area contributed by atoms with Gasteiger partial charge in [0.25, 0.3) is 5.92 Å². The van der Waals surface area contributed by atoms with Gasteiger partial charge in [-0.05, 0) is 37.5 Å². The average Bonchev–Trinajstić information content (AvgIpc) is 3.18. The van der Waals surface area contributed by atoms with Crippen molar-refractivity contribution in [3.63, 3.8) is 0 Å². The number of aromatic amines is 1. The van der Waals surface area contributed by atoms with E-state index in [0.717, 1.165) is 19.1 Å². The number of carboxylic acids is 1. The molecule has 0 aliphatic carbocycles. The summed E-state index contributed by atoms with van der Waals surface area (Å²) >= 11 is 0. The maximum atomic E-state index is 15.7. The molecule has 2 aromatic carbocycles. The summed E-state index contributed by atoms with van der Waals surface area (Å²) in [5.41, 5.74) is 1.15. The van der Waals surface area contributed by atoms with E-state index < -0.39 is 48.8 Å². The molecule has 0 amide bonds. The van der Waals surface area contributed by atoms with Crippen molar-refractivity contribution in [2.24, 2.45) is 0 Å². The molecule has 2 aliphatic rings. The van der Waals surface area contributed by atoms with Gasteiger partial charge in [-0.1, -0.05) is 6.07 Å². The Bertz CT molecular complexity index is 1360. The predicted octanol–water partition coefficient (Wildman–Crippen LogP) is 5.56. The maximum absolute atomic E-state index is 15.7. The summed E-state index contributed by atoms with van der Waals surface area (Å²) in [4.78, 5) is 17.9. The van der Waals surface area contributed by atoms with Crippen LogP contribution >= 0.6 is 0 Å². The Morgan fingerprint density at radius 2 is 1.87 bits per heavy atom. The highest BCUT2D eigenvalue weighted by Crippen LogP contribution is 2.44. The lowest BCUT2D eigenvalue weighted by Gasteiger charge is -2.42. The summed E-state index contributed by atoms with van der Waals surface area (Å²) in [6.07, 6.45) is 0.452. The monoisotopic (exact) mass is 551 g/mol. The molecule has 210 valence electrons. The van der Waals surface area contributed by atoms with Crippen molar-refractivity contribution in [3.8, 4) is 5.75 Å². The van der Waals surface area contributed by atoms with Gasteiger partial charge in [0, 0.05) is 66.9 Å². The topological polar surface area (TPSA) is 68.8 Å². The Balaban J connectivity index is 1.53. The third kappa shape index (κ3) is 5.47. The molecule has 0 unspecified atom stereocenters. The summed E-state index contributed by atoms with van der Waals surface area (Å²) < 4.78 is 78.1. The number of nitrogens with one attached hydrogen (secondary N) is 1. The molecule has 2 N–H and O–H groups in total. The number of likely N-dealkylation sites (tertiary alicyclic amines) is 1. The fourth-order valence-electron chi connectivity index (χ4n) is 5.72. The highest BCUT2D eigenvalue weighted by molar-refractivity contribution is 5.95. The molecule has 1 fully saturated rings. The van der Waals surface area contributed by atoms with Crippen LogP contribution in [-0.2, 0) is 6.42 Å². The second-order valence-electron chi connectivity index (χ2n) is 10.6. The quantitative estimate of drug-likeness (QED) is 0.341. The fraction of sp³-hybridized carbons (Fsp3) is 0.464. The molecule has 39 heavy (non-hydrogen) atoms. The number of carbonyl (C=O) groups is 1. The predicted molar refractivity (Wildman–Crippen MR) is 135 cm³/mol. The van der Waals surface area contributed by atoms with Crippen molar-refractivity contribution < 1.29 is 36.6 Å². The van der Waals surface area contributed by atoms with Crippen molar-refractivity contribution in [1.82, 2.24) is 14.8 Å². The average molecular weight is 552 g/mol.